The van der Waals surface area contributed by atoms with E-state index in [-0.39, 0.29) is 0 Å². The summed E-state index contributed by atoms with van der Waals surface area (Å²) in [5.41, 5.74) is 16.3. The molecule has 0 N–H and O–H groups in total. The molecule has 4 aromatic carbocycles. The topological polar surface area (TPSA) is 0 Å². The average Bonchev–Trinajstić information content (AvgIpc) is 3.21. The van der Waals surface area contributed by atoms with E-state index in [9.17, 15) is 0 Å². The van der Waals surface area contributed by atoms with E-state index in [0.29, 0.717) is 0 Å². The van der Waals surface area contributed by atoms with Gasteiger partial charge in [0.05, 0.1) is 0 Å². The van der Waals surface area contributed by atoms with Gasteiger partial charge < -0.3 is 0 Å². The van der Waals surface area contributed by atoms with Gasteiger partial charge in [0, 0.05) is 0 Å². The molecule has 0 amide bonds. The molecule has 0 fully saturated rings. The zero-order valence-electron chi connectivity index (χ0n) is 16.1. The smallest absolute Gasteiger partial charge is 0.00111 e. The maximum atomic E-state index is 2.36. The van der Waals surface area contributed by atoms with E-state index in [1.807, 2.05) is 0 Å². The van der Waals surface area contributed by atoms with Crippen LogP contribution >= 0.6 is 0 Å². The predicted molar refractivity (Wildman–Crippen MR) is 118 cm³/mol. The molecule has 0 nitrogen and oxygen atoms in total. The lowest BCUT2D eigenvalue weighted by molar-refractivity contribution is 1.44. The third-order valence-electron chi connectivity index (χ3n) is 6.19. The Morgan fingerprint density at radius 2 is 1.00 bits per heavy atom. The first-order valence-corrected chi connectivity index (χ1v) is 9.89. The molecular formula is C28H20. The minimum Gasteiger partial charge on any atom is -0.0616 e. The highest BCUT2D eigenvalue weighted by molar-refractivity contribution is 6.19. The first kappa shape index (κ1) is 15.7. The van der Waals surface area contributed by atoms with Crippen molar-refractivity contribution in [3.05, 3.63) is 118 Å². The summed E-state index contributed by atoms with van der Waals surface area (Å²) in [4.78, 5) is 0. The van der Waals surface area contributed by atoms with Gasteiger partial charge in [-0.2, -0.15) is 0 Å². The second-order valence-corrected chi connectivity index (χ2v) is 7.89. The maximum absolute atomic E-state index is 2.36. The van der Waals surface area contributed by atoms with Gasteiger partial charge in [0.1, 0.15) is 0 Å². The zero-order chi connectivity index (χ0) is 18.8. The quantitative estimate of drug-likeness (QED) is 0.268. The van der Waals surface area contributed by atoms with Gasteiger partial charge in [-0.1, -0.05) is 90.5 Å². The highest BCUT2D eigenvalue weighted by Gasteiger charge is 2.32. The Balaban J connectivity index is 1.84. The van der Waals surface area contributed by atoms with Crippen molar-refractivity contribution in [1.29, 1.82) is 0 Å². The number of rotatable bonds is 0. The van der Waals surface area contributed by atoms with Crippen molar-refractivity contribution >= 4 is 11.1 Å². The molecule has 2 aliphatic carbocycles. The van der Waals surface area contributed by atoms with Crippen LogP contribution in [-0.2, 0) is 0 Å². The standard InChI is InChI=1S/C28H20/c1-17-14-15-21-22-13-7-8-18(2)26(22)28(25(21)16-17)27-23-11-5-3-9-19(23)20-10-4-6-12-24(20)27/h3-16H,1-2H3. The van der Waals surface area contributed by atoms with Gasteiger partial charge in [-0.15, -0.1) is 0 Å². The molecule has 28 heavy (non-hydrogen) atoms. The third-order valence-corrected chi connectivity index (χ3v) is 6.19. The molecule has 2 aliphatic rings. The largest absolute Gasteiger partial charge is 0.0616 e. The second-order valence-electron chi connectivity index (χ2n) is 7.89. The average molecular weight is 356 g/mol. The highest BCUT2D eigenvalue weighted by Crippen LogP contribution is 2.54. The molecule has 0 saturated carbocycles. The number of aryl methyl sites for hydroxylation is 2. The number of hydrogen-bond donors (Lipinski definition) is 0. The molecule has 0 atom stereocenters. The Hall–Kier alpha value is -3.38. The molecule has 132 valence electrons. The van der Waals surface area contributed by atoms with E-state index < -0.39 is 0 Å². The van der Waals surface area contributed by atoms with Crippen LogP contribution in [0.2, 0.25) is 0 Å². The molecule has 6 rings (SSSR count). The summed E-state index contributed by atoms with van der Waals surface area (Å²) < 4.78 is 0. The van der Waals surface area contributed by atoms with Crippen molar-refractivity contribution in [2.24, 2.45) is 0 Å². The van der Waals surface area contributed by atoms with Gasteiger partial charge in [-0.3, -0.25) is 0 Å². The molecule has 0 aromatic heterocycles. The van der Waals surface area contributed by atoms with Crippen molar-refractivity contribution in [2.45, 2.75) is 13.8 Å². The number of fused-ring (bicyclic) bond motifs is 6. The fourth-order valence-corrected chi connectivity index (χ4v) is 5.00. The van der Waals surface area contributed by atoms with Crippen LogP contribution in [0.25, 0.3) is 33.4 Å². The van der Waals surface area contributed by atoms with Crippen LogP contribution in [-0.4, -0.2) is 0 Å². The highest BCUT2D eigenvalue weighted by atomic mass is 14.3. The Morgan fingerprint density at radius 3 is 1.68 bits per heavy atom. The number of hydrogen-bond acceptors (Lipinski definition) is 0. The molecule has 0 aliphatic heterocycles. The van der Waals surface area contributed by atoms with Crippen molar-refractivity contribution in [1.82, 2.24) is 0 Å². The second kappa shape index (κ2) is 5.56. The van der Waals surface area contributed by atoms with Gasteiger partial charge in [-0.05, 0) is 75.1 Å². The van der Waals surface area contributed by atoms with Crippen LogP contribution in [0.1, 0.15) is 33.4 Å². The molecular weight excluding hydrogens is 336 g/mol. The van der Waals surface area contributed by atoms with E-state index in [2.05, 4.69) is 98.8 Å². The molecule has 0 bridgehead atoms. The summed E-state index contributed by atoms with van der Waals surface area (Å²) in [6, 6.07) is 31.3. The van der Waals surface area contributed by atoms with Crippen LogP contribution in [0.5, 0.6) is 0 Å². The number of benzene rings is 4. The van der Waals surface area contributed by atoms with Crippen molar-refractivity contribution in [3.63, 3.8) is 0 Å². The minimum atomic E-state index is 1.31. The first-order chi connectivity index (χ1) is 13.7. The maximum Gasteiger partial charge on any atom is -0.00111 e. The SMILES string of the molecule is Cc1ccc2c(c1)C(=C1c3ccccc3-c3ccccc31)c1c(C)cccc1-2. The first-order valence-electron chi connectivity index (χ1n) is 9.89. The summed E-state index contributed by atoms with van der Waals surface area (Å²) in [6.07, 6.45) is 0. The van der Waals surface area contributed by atoms with Crippen molar-refractivity contribution in [2.75, 3.05) is 0 Å². The Kier molecular flexibility index (Phi) is 3.11. The summed E-state index contributed by atoms with van der Waals surface area (Å²) in [5, 5.41) is 0. The monoisotopic (exact) mass is 356 g/mol. The van der Waals surface area contributed by atoms with E-state index in [1.165, 1.54) is 66.8 Å². The zero-order valence-corrected chi connectivity index (χ0v) is 16.1. The Bertz CT molecular complexity index is 1270. The third kappa shape index (κ3) is 1.95. The van der Waals surface area contributed by atoms with Crippen LogP contribution in [0.15, 0.2) is 84.9 Å². The predicted octanol–water partition coefficient (Wildman–Crippen LogP) is 7.27. The van der Waals surface area contributed by atoms with E-state index >= 15 is 0 Å². The molecule has 0 radical (unpaired) electrons. The van der Waals surface area contributed by atoms with Crippen LogP contribution in [0, 0.1) is 13.8 Å². The van der Waals surface area contributed by atoms with E-state index in [0.717, 1.165) is 0 Å². The van der Waals surface area contributed by atoms with Gasteiger partial charge in [0.25, 0.3) is 0 Å². The molecule has 4 aromatic rings. The lowest BCUT2D eigenvalue weighted by Crippen LogP contribution is -1.93. The molecule has 0 heteroatoms. The van der Waals surface area contributed by atoms with Crippen LogP contribution in [0.4, 0.5) is 0 Å². The fourth-order valence-electron chi connectivity index (χ4n) is 5.00. The van der Waals surface area contributed by atoms with Crippen LogP contribution < -0.4 is 0 Å². The normalized spacial score (nSPS) is 13.2. The van der Waals surface area contributed by atoms with Crippen LogP contribution in [0.3, 0.4) is 0 Å². The van der Waals surface area contributed by atoms with Gasteiger partial charge >= 0.3 is 0 Å². The van der Waals surface area contributed by atoms with Crippen molar-refractivity contribution < 1.29 is 0 Å². The molecule has 0 heterocycles. The summed E-state index contributed by atoms with van der Waals surface area (Å²) >= 11 is 0. The minimum absolute atomic E-state index is 1.31. The van der Waals surface area contributed by atoms with Gasteiger partial charge in [0.15, 0.2) is 0 Å². The Labute approximate surface area is 165 Å². The summed E-state index contributed by atoms with van der Waals surface area (Å²) in [7, 11) is 0. The summed E-state index contributed by atoms with van der Waals surface area (Å²) in [6.45, 7) is 4.43. The van der Waals surface area contributed by atoms with E-state index in [4.69, 9.17) is 0 Å². The van der Waals surface area contributed by atoms with Gasteiger partial charge in [0.2, 0.25) is 0 Å². The lowest BCUT2D eigenvalue weighted by atomic mass is 9.89. The Morgan fingerprint density at radius 1 is 0.429 bits per heavy atom. The fraction of sp³-hybridized carbons (Fsp3) is 0.0714. The summed E-state index contributed by atoms with van der Waals surface area (Å²) in [5.74, 6) is 0. The lowest BCUT2D eigenvalue weighted by Gasteiger charge is -2.13. The molecule has 0 unspecified atom stereocenters. The molecule has 0 saturated heterocycles. The molecule has 0 spiro atoms. The van der Waals surface area contributed by atoms with Crippen molar-refractivity contribution in [3.8, 4) is 22.3 Å². The van der Waals surface area contributed by atoms with Gasteiger partial charge in [-0.25, -0.2) is 0 Å². The van der Waals surface area contributed by atoms with E-state index in [1.54, 1.807) is 0 Å².